The van der Waals surface area contributed by atoms with Gasteiger partial charge in [-0.05, 0) is 16.3 Å². The normalized spacial score (nSPS) is 13.0. The van der Waals surface area contributed by atoms with Crippen LogP contribution in [-0.2, 0) is 0 Å². The Morgan fingerprint density at radius 2 is 1.71 bits per heavy atom. The van der Waals surface area contributed by atoms with Gasteiger partial charge in [0, 0.05) is 16.7 Å². The van der Waals surface area contributed by atoms with Gasteiger partial charge in [0.05, 0.1) is 6.21 Å². The van der Waals surface area contributed by atoms with Crippen LogP contribution in [0.3, 0.4) is 0 Å². The van der Waals surface area contributed by atoms with E-state index in [9.17, 15) is 4.79 Å². The molecule has 0 saturated carbocycles. The van der Waals surface area contributed by atoms with Crippen molar-refractivity contribution in [2.45, 2.75) is 12.8 Å². The molecule has 3 aromatic rings. The highest BCUT2D eigenvalue weighted by molar-refractivity contribution is 5.93. The first-order valence-corrected chi connectivity index (χ1v) is 6.84. The second kappa shape index (κ2) is 5.37. The molecule has 0 bridgehead atoms. The molecule has 3 aromatic carbocycles. The Kier molecular flexibility index (Phi) is 3.40. The van der Waals surface area contributed by atoms with E-state index in [0.29, 0.717) is 5.39 Å². The number of nitrogens with zero attached hydrogens (tertiary/aromatic N) is 1. The van der Waals surface area contributed by atoms with Crippen LogP contribution in [0.4, 0.5) is 0 Å². The number of hydrogen-bond donors (Lipinski definition) is 1. The van der Waals surface area contributed by atoms with Crippen molar-refractivity contribution >= 4 is 27.8 Å². The van der Waals surface area contributed by atoms with E-state index in [0.717, 1.165) is 21.7 Å². The summed E-state index contributed by atoms with van der Waals surface area (Å²) in [5.74, 6) is -0.00516. The second-order valence-electron chi connectivity index (χ2n) is 5.15. The Morgan fingerprint density at radius 1 is 1.00 bits per heavy atom. The van der Waals surface area contributed by atoms with Gasteiger partial charge in [0.15, 0.2) is 5.43 Å². The zero-order valence-electron chi connectivity index (χ0n) is 11.7. The number of hydrogen-bond acceptors (Lipinski definition) is 3. The first kappa shape index (κ1) is 13.3. The van der Waals surface area contributed by atoms with Gasteiger partial charge in [-0.2, -0.15) is 0 Å². The molecule has 0 spiro atoms. The molecule has 3 rings (SSSR count). The summed E-state index contributed by atoms with van der Waals surface area (Å²) < 4.78 is 0. The Bertz CT molecular complexity index is 900. The third-order valence-electron chi connectivity index (χ3n) is 3.78. The van der Waals surface area contributed by atoms with Gasteiger partial charge in [0.2, 0.25) is 0 Å². The molecular formula is C18H15NO2. The van der Waals surface area contributed by atoms with Gasteiger partial charge >= 0.3 is 0 Å². The van der Waals surface area contributed by atoms with E-state index >= 15 is 0 Å². The van der Waals surface area contributed by atoms with Crippen LogP contribution in [0.15, 0.2) is 64.5 Å². The molecule has 0 amide bonds. The summed E-state index contributed by atoms with van der Waals surface area (Å²) in [6.45, 7) is 1.94. The third kappa shape index (κ3) is 2.38. The highest BCUT2D eigenvalue weighted by atomic mass is 16.4. The van der Waals surface area contributed by atoms with Crippen molar-refractivity contribution in [1.82, 2.24) is 0 Å². The van der Waals surface area contributed by atoms with Gasteiger partial charge in [-0.1, -0.05) is 61.5 Å². The van der Waals surface area contributed by atoms with Crippen LogP contribution in [0.1, 0.15) is 18.4 Å². The van der Waals surface area contributed by atoms with E-state index in [2.05, 4.69) is 5.16 Å². The monoisotopic (exact) mass is 277 g/mol. The predicted octanol–water partition coefficient (Wildman–Crippen LogP) is 3.92. The first-order chi connectivity index (χ1) is 10.2. The minimum Gasteiger partial charge on any atom is -0.411 e. The van der Waals surface area contributed by atoms with E-state index in [1.165, 1.54) is 6.21 Å². The lowest BCUT2D eigenvalue weighted by Crippen LogP contribution is -2.00. The Hall–Kier alpha value is -2.68. The van der Waals surface area contributed by atoms with Gasteiger partial charge in [0.25, 0.3) is 0 Å². The fourth-order valence-electron chi connectivity index (χ4n) is 2.57. The smallest absolute Gasteiger partial charge is 0.194 e. The van der Waals surface area contributed by atoms with Gasteiger partial charge in [-0.3, -0.25) is 4.79 Å². The Labute approximate surface area is 122 Å². The fourth-order valence-corrected chi connectivity index (χ4v) is 2.57. The maximum atomic E-state index is 12.6. The van der Waals surface area contributed by atoms with Crippen LogP contribution in [0.5, 0.6) is 0 Å². The molecule has 1 N–H and O–H groups in total. The van der Waals surface area contributed by atoms with Crippen molar-refractivity contribution in [3.05, 3.63) is 70.4 Å². The lowest BCUT2D eigenvalue weighted by atomic mass is 9.99. The molecule has 3 nitrogen and oxygen atoms in total. The minimum absolute atomic E-state index is 0.00516. The molecule has 1 unspecified atom stereocenters. The predicted molar refractivity (Wildman–Crippen MR) is 86.4 cm³/mol. The molecule has 0 aliphatic rings. The number of fused-ring (bicyclic) bond motifs is 2. The van der Waals surface area contributed by atoms with E-state index in [1.807, 2.05) is 61.5 Å². The molecule has 0 saturated heterocycles. The third-order valence-corrected chi connectivity index (χ3v) is 3.78. The zero-order valence-corrected chi connectivity index (χ0v) is 11.7. The van der Waals surface area contributed by atoms with Crippen LogP contribution in [0.2, 0.25) is 0 Å². The highest BCUT2D eigenvalue weighted by Gasteiger charge is 2.06. The van der Waals surface area contributed by atoms with E-state index in [-0.39, 0.29) is 11.3 Å². The SMILES string of the molecule is CC(C=NO)c1ccc2c(=O)c3ccccc3ccc2c1. The van der Waals surface area contributed by atoms with Gasteiger partial charge in [-0.25, -0.2) is 0 Å². The van der Waals surface area contributed by atoms with Crippen LogP contribution < -0.4 is 5.43 Å². The average molecular weight is 277 g/mol. The summed E-state index contributed by atoms with van der Waals surface area (Å²) in [6, 6.07) is 17.3. The molecule has 104 valence electrons. The molecule has 0 radical (unpaired) electrons. The molecule has 3 heteroatoms. The Balaban J connectivity index is 2.33. The van der Waals surface area contributed by atoms with Gasteiger partial charge in [-0.15, -0.1) is 5.16 Å². The molecule has 0 heterocycles. The summed E-state index contributed by atoms with van der Waals surface area (Å²) in [4.78, 5) is 12.6. The van der Waals surface area contributed by atoms with Crippen molar-refractivity contribution in [3.63, 3.8) is 0 Å². The summed E-state index contributed by atoms with van der Waals surface area (Å²) >= 11 is 0. The number of oxime groups is 1. The number of benzene rings is 2. The fraction of sp³-hybridized carbons (Fsp3) is 0.111. The minimum atomic E-state index is -0.00516. The van der Waals surface area contributed by atoms with Crippen molar-refractivity contribution in [2.75, 3.05) is 0 Å². The molecule has 1 atom stereocenters. The van der Waals surface area contributed by atoms with Crippen LogP contribution >= 0.6 is 0 Å². The molecule has 0 fully saturated rings. The maximum Gasteiger partial charge on any atom is 0.194 e. The Morgan fingerprint density at radius 3 is 2.52 bits per heavy atom. The summed E-state index contributed by atoms with van der Waals surface area (Å²) in [6.07, 6.45) is 1.47. The summed E-state index contributed by atoms with van der Waals surface area (Å²) in [5, 5.41) is 15.0. The van der Waals surface area contributed by atoms with E-state index < -0.39 is 0 Å². The summed E-state index contributed by atoms with van der Waals surface area (Å²) in [7, 11) is 0. The highest BCUT2D eigenvalue weighted by Crippen LogP contribution is 2.20. The molecule has 0 aromatic heterocycles. The lowest BCUT2D eigenvalue weighted by molar-refractivity contribution is 0.320. The van der Waals surface area contributed by atoms with Crippen molar-refractivity contribution in [1.29, 1.82) is 0 Å². The van der Waals surface area contributed by atoms with Crippen LogP contribution in [0.25, 0.3) is 21.5 Å². The van der Waals surface area contributed by atoms with Crippen molar-refractivity contribution in [3.8, 4) is 0 Å². The van der Waals surface area contributed by atoms with Crippen molar-refractivity contribution < 1.29 is 5.21 Å². The molecule has 0 aliphatic carbocycles. The molecule has 0 aliphatic heterocycles. The largest absolute Gasteiger partial charge is 0.411 e. The van der Waals surface area contributed by atoms with Gasteiger partial charge < -0.3 is 5.21 Å². The van der Waals surface area contributed by atoms with Crippen LogP contribution in [-0.4, -0.2) is 11.4 Å². The van der Waals surface area contributed by atoms with E-state index in [1.54, 1.807) is 0 Å². The quantitative estimate of drug-likeness (QED) is 0.438. The molecular weight excluding hydrogens is 262 g/mol. The first-order valence-electron chi connectivity index (χ1n) is 6.84. The average Bonchev–Trinajstić information content (AvgIpc) is 2.65. The van der Waals surface area contributed by atoms with Crippen molar-refractivity contribution in [2.24, 2.45) is 5.16 Å². The van der Waals surface area contributed by atoms with Crippen LogP contribution in [0, 0.1) is 0 Å². The summed E-state index contributed by atoms with van der Waals surface area (Å²) in [5.41, 5.74) is 1.05. The second-order valence-corrected chi connectivity index (χ2v) is 5.15. The topological polar surface area (TPSA) is 49.7 Å². The van der Waals surface area contributed by atoms with Gasteiger partial charge in [0.1, 0.15) is 0 Å². The van der Waals surface area contributed by atoms with E-state index in [4.69, 9.17) is 5.21 Å². The molecule has 21 heavy (non-hydrogen) atoms. The standard InChI is InChI=1S/C18H15NO2/c1-12(11-19-21)14-8-9-17-15(10-14)7-6-13-4-2-3-5-16(13)18(17)20/h2-12,21H,1H3. The lowest BCUT2D eigenvalue weighted by Gasteiger charge is -2.05. The maximum absolute atomic E-state index is 12.6. The zero-order chi connectivity index (χ0) is 14.8. The number of rotatable bonds is 2.